The molecule has 1 heterocycles. The van der Waals surface area contributed by atoms with Gasteiger partial charge in [-0.2, -0.15) is 4.98 Å². The average molecular weight is 195 g/mol. The Morgan fingerprint density at radius 1 is 1.50 bits per heavy atom. The van der Waals surface area contributed by atoms with E-state index in [9.17, 15) is 0 Å². The van der Waals surface area contributed by atoms with Gasteiger partial charge in [0, 0.05) is 5.92 Å². The number of rotatable bonds is 3. The van der Waals surface area contributed by atoms with Gasteiger partial charge in [0.05, 0.1) is 5.54 Å². The minimum atomic E-state index is -0.489. The molecule has 1 aliphatic carbocycles. The number of aromatic nitrogens is 2. The molecule has 4 heteroatoms. The van der Waals surface area contributed by atoms with Crippen LogP contribution >= 0.6 is 0 Å². The highest BCUT2D eigenvalue weighted by Crippen LogP contribution is 2.39. The van der Waals surface area contributed by atoms with Gasteiger partial charge < -0.3 is 10.3 Å². The third-order valence-corrected chi connectivity index (χ3v) is 3.05. The van der Waals surface area contributed by atoms with Gasteiger partial charge in [0.15, 0.2) is 5.82 Å². The summed E-state index contributed by atoms with van der Waals surface area (Å²) >= 11 is 0. The minimum absolute atomic E-state index is 0.298. The monoisotopic (exact) mass is 195 g/mol. The summed E-state index contributed by atoms with van der Waals surface area (Å²) in [6.07, 6.45) is 2.34. The lowest BCUT2D eigenvalue weighted by Crippen LogP contribution is -2.39. The van der Waals surface area contributed by atoms with Crippen LogP contribution in [0.3, 0.4) is 0 Å². The fourth-order valence-electron chi connectivity index (χ4n) is 1.21. The maximum Gasteiger partial charge on any atom is 0.229 e. The van der Waals surface area contributed by atoms with Gasteiger partial charge in [-0.1, -0.05) is 19.0 Å². The zero-order valence-corrected chi connectivity index (χ0v) is 8.95. The largest absolute Gasteiger partial charge is 0.339 e. The predicted molar refractivity (Wildman–Crippen MR) is 52.7 cm³/mol. The molecule has 2 rings (SSSR count). The molecule has 1 aromatic heterocycles. The Hall–Kier alpha value is -0.900. The maximum atomic E-state index is 6.13. The lowest BCUT2D eigenvalue weighted by atomic mass is 9.89. The smallest absolute Gasteiger partial charge is 0.229 e. The van der Waals surface area contributed by atoms with E-state index in [0.29, 0.717) is 17.7 Å². The molecule has 1 saturated carbocycles. The van der Waals surface area contributed by atoms with Crippen molar-refractivity contribution < 1.29 is 4.52 Å². The van der Waals surface area contributed by atoms with E-state index in [2.05, 4.69) is 24.0 Å². The summed E-state index contributed by atoms with van der Waals surface area (Å²) in [4.78, 5) is 4.36. The standard InChI is InChI=1S/C10H17N3O/c1-6(2)10(3,11)9-12-8(14-13-9)7-4-5-7/h6-7H,4-5,11H2,1-3H3. The van der Waals surface area contributed by atoms with Crippen LogP contribution in [0.2, 0.25) is 0 Å². The second-order valence-corrected chi connectivity index (χ2v) is 4.67. The Labute approximate surface area is 83.9 Å². The van der Waals surface area contributed by atoms with Crippen molar-refractivity contribution in [1.82, 2.24) is 10.1 Å². The highest BCUT2D eigenvalue weighted by atomic mass is 16.5. The lowest BCUT2D eigenvalue weighted by molar-refractivity contribution is 0.305. The van der Waals surface area contributed by atoms with Crippen LogP contribution in [0.5, 0.6) is 0 Å². The van der Waals surface area contributed by atoms with Gasteiger partial charge in [-0.3, -0.25) is 0 Å². The second kappa shape index (κ2) is 3.05. The summed E-state index contributed by atoms with van der Waals surface area (Å²) in [7, 11) is 0. The molecule has 1 aliphatic rings. The van der Waals surface area contributed by atoms with Crippen molar-refractivity contribution in [1.29, 1.82) is 0 Å². The Balaban J connectivity index is 2.22. The first-order valence-electron chi connectivity index (χ1n) is 5.14. The molecule has 2 N–H and O–H groups in total. The Morgan fingerprint density at radius 3 is 2.64 bits per heavy atom. The van der Waals surface area contributed by atoms with Crippen molar-refractivity contribution in [2.24, 2.45) is 11.7 Å². The molecule has 1 fully saturated rings. The average Bonchev–Trinajstić information content (AvgIpc) is 2.83. The normalized spacial score (nSPS) is 21.2. The summed E-state index contributed by atoms with van der Waals surface area (Å²) in [5, 5.41) is 3.96. The first-order valence-corrected chi connectivity index (χ1v) is 5.14. The van der Waals surface area contributed by atoms with Crippen LogP contribution in [0, 0.1) is 5.92 Å². The third kappa shape index (κ3) is 1.54. The topological polar surface area (TPSA) is 64.9 Å². The van der Waals surface area contributed by atoms with E-state index in [4.69, 9.17) is 10.3 Å². The molecule has 0 spiro atoms. The van der Waals surface area contributed by atoms with E-state index < -0.39 is 5.54 Å². The molecule has 0 aliphatic heterocycles. The summed E-state index contributed by atoms with van der Waals surface area (Å²) in [5.74, 6) is 2.19. The summed E-state index contributed by atoms with van der Waals surface area (Å²) in [6, 6.07) is 0. The van der Waals surface area contributed by atoms with E-state index in [1.165, 1.54) is 12.8 Å². The molecule has 0 radical (unpaired) electrons. The number of hydrogen-bond donors (Lipinski definition) is 1. The minimum Gasteiger partial charge on any atom is -0.339 e. The molecule has 14 heavy (non-hydrogen) atoms. The van der Waals surface area contributed by atoms with E-state index in [1.807, 2.05) is 6.92 Å². The number of hydrogen-bond acceptors (Lipinski definition) is 4. The van der Waals surface area contributed by atoms with E-state index in [0.717, 1.165) is 5.89 Å². The quantitative estimate of drug-likeness (QED) is 0.798. The van der Waals surface area contributed by atoms with Crippen LogP contribution in [0.15, 0.2) is 4.52 Å². The molecule has 0 aromatic carbocycles. The summed E-state index contributed by atoms with van der Waals surface area (Å²) in [5.41, 5.74) is 5.64. The van der Waals surface area contributed by atoms with Gasteiger partial charge in [-0.25, -0.2) is 0 Å². The first-order chi connectivity index (χ1) is 6.51. The molecule has 0 saturated heterocycles. The summed E-state index contributed by atoms with van der Waals surface area (Å²) < 4.78 is 5.18. The van der Waals surface area contributed by atoms with E-state index in [1.54, 1.807) is 0 Å². The Kier molecular flexibility index (Phi) is 2.10. The summed E-state index contributed by atoms with van der Waals surface area (Å²) in [6.45, 7) is 6.07. The molecular formula is C10H17N3O. The van der Waals surface area contributed by atoms with Crippen LogP contribution in [0.25, 0.3) is 0 Å². The van der Waals surface area contributed by atoms with Crippen molar-refractivity contribution in [3.63, 3.8) is 0 Å². The first kappa shape index (κ1) is 9.65. The van der Waals surface area contributed by atoms with Crippen LogP contribution in [-0.4, -0.2) is 10.1 Å². The maximum absolute atomic E-state index is 6.13. The molecule has 1 unspecified atom stereocenters. The van der Waals surface area contributed by atoms with Gasteiger partial charge in [0.2, 0.25) is 5.89 Å². The SMILES string of the molecule is CC(C)C(C)(N)c1noc(C2CC2)n1. The van der Waals surface area contributed by atoms with Gasteiger partial charge in [0.1, 0.15) is 0 Å². The van der Waals surface area contributed by atoms with E-state index in [-0.39, 0.29) is 0 Å². The number of nitrogens with zero attached hydrogens (tertiary/aromatic N) is 2. The molecule has 1 aromatic rings. The highest BCUT2D eigenvalue weighted by molar-refractivity contribution is 5.08. The number of nitrogens with two attached hydrogens (primary N) is 1. The molecule has 1 atom stereocenters. The Bertz CT molecular complexity index is 326. The zero-order chi connectivity index (χ0) is 10.3. The van der Waals surface area contributed by atoms with Crippen molar-refractivity contribution in [2.75, 3.05) is 0 Å². The highest BCUT2D eigenvalue weighted by Gasteiger charge is 2.35. The molecular weight excluding hydrogens is 178 g/mol. The van der Waals surface area contributed by atoms with E-state index >= 15 is 0 Å². The van der Waals surface area contributed by atoms with Gasteiger partial charge in [-0.15, -0.1) is 0 Å². The van der Waals surface area contributed by atoms with Crippen LogP contribution in [-0.2, 0) is 5.54 Å². The van der Waals surface area contributed by atoms with Crippen LogP contribution in [0.1, 0.15) is 51.2 Å². The zero-order valence-electron chi connectivity index (χ0n) is 8.95. The van der Waals surface area contributed by atoms with Crippen molar-refractivity contribution in [3.8, 4) is 0 Å². The third-order valence-electron chi connectivity index (χ3n) is 3.05. The predicted octanol–water partition coefficient (Wildman–Crippen LogP) is 1.78. The van der Waals surface area contributed by atoms with Crippen LogP contribution < -0.4 is 5.73 Å². The van der Waals surface area contributed by atoms with Gasteiger partial charge in [-0.05, 0) is 25.7 Å². The molecule has 4 nitrogen and oxygen atoms in total. The second-order valence-electron chi connectivity index (χ2n) is 4.67. The fraction of sp³-hybridized carbons (Fsp3) is 0.800. The molecule has 0 bridgehead atoms. The van der Waals surface area contributed by atoms with Crippen LogP contribution in [0.4, 0.5) is 0 Å². The van der Waals surface area contributed by atoms with Crippen molar-refractivity contribution in [3.05, 3.63) is 11.7 Å². The Morgan fingerprint density at radius 2 is 2.14 bits per heavy atom. The lowest BCUT2D eigenvalue weighted by Gasteiger charge is -2.24. The van der Waals surface area contributed by atoms with Gasteiger partial charge >= 0.3 is 0 Å². The molecule has 78 valence electrons. The van der Waals surface area contributed by atoms with Gasteiger partial charge in [0.25, 0.3) is 0 Å². The van der Waals surface area contributed by atoms with Crippen molar-refractivity contribution in [2.45, 2.75) is 45.1 Å². The fourth-order valence-corrected chi connectivity index (χ4v) is 1.21. The molecule has 0 amide bonds. The van der Waals surface area contributed by atoms with Crippen molar-refractivity contribution >= 4 is 0 Å².